The quantitative estimate of drug-likeness (QED) is 0.422. The third-order valence-corrected chi connectivity index (χ3v) is 6.94. The Kier molecular flexibility index (Phi) is 6.19. The Morgan fingerprint density at radius 1 is 1.21 bits per heavy atom. The summed E-state index contributed by atoms with van der Waals surface area (Å²) in [7, 11) is 0. The van der Waals surface area contributed by atoms with Crippen molar-refractivity contribution in [2.75, 3.05) is 24.2 Å². The summed E-state index contributed by atoms with van der Waals surface area (Å²) >= 11 is 1.70. The fourth-order valence-corrected chi connectivity index (χ4v) is 4.59. The maximum absolute atomic E-state index is 14.1. The molecule has 1 amide bonds. The van der Waals surface area contributed by atoms with E-state index >= 15 is 0 Å². The van der Waals surface area contributed by atoms with Crippen molar-refractivity contribution in [3.63, 3.8) is 0 Å². The summed E-state index contributed by atoms with van der Waals surface area (Å²) in [6.45, 7) is 3.54. The molecule has 0 aliphatic carbocycles. The molecule has 0 saturated carbocycles. The number of aryl methyl sites for hydroxylation is 1. The predicted octanol–water partition coefficient (Wildman–Crippen LogP) is 4.13. The summed E-state index contributed by atoms with van der Waals surface area (Å²) in [5.41, 5.74) is 2.82. The third kappa shape index (κ3) is 4.48. The van der Waals surface area contributed by atoms with Gasteiger partial charge in [-0.2, -0.15) is 0 Å². The molecule has 4 aromatic rings. The molecule has 1 aliphatic heterocycles. The lowest BCUT2D eigenvalue weighted by molar-refractivity contribution is -0.124. The highest BCUT2D eigenvalue weighted by molar-refractivity contribution is 7.98. The Morgan fingerprint density at radius 3 is 2.79 bits per heavy atom. The molecule has 0 radical (unpaired) electrons. The SMILES string of the molecule is CSc1ccc(CNC(=O)[C@H]2CCN(c3ncnc4nn(-c5ccc(C)c(F)c5)cc34)C2)cc1. The zero-order chi connectivity index (χ0) is 23.7. The third-order valence-electron chi connectivity index (χ3n) is 6.20. The van der Waals surface area contributed by atoms with Crippen LogP contribution in [0.5, 0.6) is 0 Å². The van der Waals surface area contributed by atoms with Gasteiger partial charge < -0.3 is 10.2 Å². The van der Waals surface area contributed by atoms with Crippen molar-refractivity contribution in [3.8, 4) is 5.69 Å². The average Bonchev–Trinajstić information content (AvgIpc) is 3.52. The summed E-state index contributed by atoms with van der Waals surface area (Å²) in [4.78, 5) is 24.9. The van der Waals surface area contributed by atoms with Crippen molar-refractivity contribution in [2.24, 2.45) is 5.92 Å². The highest BCUT2D eigenvalue weighted by Gasteiger charge is 2.30. The molecule has 5 rings (SSSR count). The van der Waals surface area contributed by atoms with E-state index in [9.17, 15) is 9.18 Å². The predicted molar refractivity (Wildman–Crippen MR) is 132 cm³/mol. The van der Waals surface area contributed by atoms with Gasteiger partial charge in [-0.15, -0.1) is 16.9 Å². The lowest BCUT2D eigenvalue weighted by atomic mass is 10.1. The maximum Gasteiger partial charge on any atom is 0.225 e. The van der Waals surface area contributed by atoms with E-state index in [1.54, 1.807) is 29.4 Å². The van der Waals surface area contributed by atoms with Gasteiger partial charge in [0.05, 0.1) is 17.0 Å². The molecule has 174 valence electrons. The number of rotatable bonds is 6. The van der Waals surface area contributed by atoms with Gasteiger partial charge in [-0.3, -0.25) is 4.79 Å². The van der Waals surface area contributed by atoms with Gasteiger partial charge in [0.25, 0.3) is 0 Å². The van der Waals surface area contributed by atoms with E-state index in [1.165, 1.54) is 17.3 Å². The molecule has 0 spiro atoms. The molecule has 1 N–H and O–H groups in total. The van der Waals surface area contributed by atoms with E-state index in [1.807, 2.05) is 30.7 Å². The molecular weight excluding hydrogens is 451 g/mol. The van der Waals surface area contributed by atoms with Gasteiger partial charge >= 0.3 is 0 Å². The number of nitrogens with one attached hydrogen (secondary N) is 1. The van der Waals surface area contributed by atoms with E-state index in [4.69, 9.17) is 0 Å². The lowest BCUT2D eigenvalue weighted by Crippen LogP contribution is -2.32. The molecule has 3 heterocycles. The molecular formula is C25H25FN6OS. The van der Waals surface area contributed by atoms with Crippen LogP contribution in [0, 0.1) is 18.7 Å². The van der Waals surface area contributed by atoms with Crippen molar-refractivity contribution in [3.05, 3.63) is 71.9 Å². The summed E-state index contributed by atoms with van der Waals surface area (Å²) in [5, 5.41) is 8.35. The Balaban J connectivity index is 1.29. The van der Waals surface area contributed by atoms with Crippen molar-refractivity contribution < 1.29 is 9.18 Å². The van der Waals surface area contributed by atoms with Crippen molar-refractivity contribution in [1.29, 1.82) is 0 Å². The Morgan fingerprint density at radius 2 is 2.03 bits per heavy atom. The van der Waals surface area contributed by atoms with Gasteiger partial charge in [0, 0.05) is 30.7 Å². The molecule has 1 fully saturated rings. The Hall–Kier alpha value is -3.46. The van der Waals surface area contributed by atoms with Crippen LogP contribution in [0.2, 0.25) is 0 Å². The van der Waals surface area contributed by atoms with Gasteiger partial charge in [-0.1, -0.05) is 18.2 Å². The first-order valence-electron chi connectivity index (χ1n) is 11.1. The molecule has 2 aromatic carbocycles. The van der Waals surface area contributed by atoms with Gasteiger partial charge in [0.15, 0.2) is 5.65 Å². The molecule has 34 heavy (non-hydrogen) atoms. The smallest absolute Gasteiger partial charge is 0.225 e. The van der Waals surface area contributed by atoms with Crippen LogP contribution in [0.4, 0.5) is 10.2 Å². The standard InChI is InChI=1S/C25H25FN6OS/c1-16-3-6-19(11-22(16)26)32-14-21-23(30-32)28-15-29-24(21)31-10-9-18(13-31)25(33)27-12-17-4-7-20(34-2)8-5-17/h3-8,11,14-15,18H,9-10,12-13H2,1-2H3,(H,27,33)/t18-/m0/s1. The largest absolute Gasteiger partial charge is 0.355 e. The van der Waals surface area contributed by atoms with Gasteiger partial charge in [-0.05, 0) is 55.0 Å². The van der Waals surface area contributed by atoms with Crippen LogP contribution in [0.25, 0.3) is 16.7 Å². The number of amides is 1. The van der Waals surface area contributed by atoms with Crippen LogP contribution >= 0.6 is 11.8 Å². The van der Waals surface area contributed by atoms with Crippen LogP contribution in [0.1, 0.15) is 17.5 Å². The molecule has 7 nitrogen and oxygen atoms in total. The van der Waals surface area contributed by atoms with Crippen LogP contribution in [0.15, 0.2) is 59.9 Å². The second kappa shape index (κ2) is 9.42. The fraction of sp³-hybridized carbons (Fsp3) is 0.280. The second-order valence-corrected chi connectivity index (χ2v) is 9.32. The molecule has 1 saturated heterocycles. The minimum Gasteiger partial charge on any atom is -0.355 e. The Bertz CT molecular complexity index is 1340. The molecule has 9 heteroatoms. The summed E-state index contributed by atoms with van der Waals surface area (Å²) in [6.07, 6.45) is 6.10. The topological polar surface area (TPSA) is 75.9 Å². The highest BCUT2D eigenvalue weighted by Crippen LogP contribution is 2.29. The number of hydrogen-bond donors (Lipinski definition) is 1. The van der Waals surface area contributed by atoms with Gasteiger partial charge in [0.2, 0.25) is 5.91 Å². The minimum atomic E-state index is -0.281. The van der Waals surface area contributed by atoms with E-state index in [-0.39, 0.29) is 17.6 Å². The van der Waals surface area contributed by atoms with E-state index in [2.05, 4.69) is 37.4 Å². The van der Waals surface area contributed by atoms with E-state index < -0.39 is 0 Å². The number of thioether (sulfide) groups is 1. The number of benzene rings is 2. The first-order valence-corrected chi connectivity index (χ1v) is 12.4. The zero-order valence-corrected chi connectivity index (χ0v) is 19.8. The lowest BCUT2D eigenvalue weighted by Gasteiger charge is -2.17. The normalized spacial score (nSPS) is 15.7. The number of carbonyl (C=O) groups excluding carboxylic acids is 1. The van der Waals surface area contributed by atoms with Gasteiger partial charge in [0.1, 0.15) is 18.0 Å². The molecule has 0 bridgehead atoms. The fourth-order valence-electron chi connectivity index (χ4n) is 4.18. The molecule has 0 unspecified atom stereocenters. The number of halogens is 1. The molecule has 1 atom stereocenters. The Labute approximate surface area is 201 Å². The summed E-state index contributed by atoms with van der Waals surface area (Å²) in [6, 6.07) is 13.2. The van der Waals surface area contributed by atoms with Gasteiger partial charge in [-0.25, -0.2) is 19.0 Å². The number of hydrogen-bond acceptors (Lipinski definition) is 6. The highest BCUT2D eigenvalue weighted by atomic mass is 32.2. The average molecular weight is 477 g/mol. The number of fused-ring (bicyclic) bond motifs is 1. The van der Waals surface area contributed by atoms with Crippen LogP contribution in [-0.2, 0) is 11.3 Å². The molecule has 2 aromatic heterocycles. The number of carbonyl (C=O) groups is 1. The zero-order valence-electron chi connectivity index (χ0n) is 19.0. The maximum atomic E-state index is 14.1. The first kappa shape index (κ1) is 22.3. The summed E-state index contributed by atoms with van der Waals surface area (Å²) < 4.78 is 15.7. The minimum absolute atomic E-state index is 0.0487. The van der Waals surface area contributed by atoms with Crippen LogP contribution in [0.3, 0.4) is 0 Å². The molecule has 1 aliphatic rings. The van der Waals surface area contributed by atoms with Crippen LogP contribution in [-0.4, -0.2) is 45.0 Å². The first-order chi connectivity index (χ1) is 16.5. The van der Waals surface area contributed by atoms with Crippen molar-refractivity contribution in [1.82, 2.24) is 25.1 Å². The van der Waals surface area contributed by atoms with Crippen LogP contribution < -0.4 is 10.2 Å². The van der Waals surface area contributed by atoms with E-state index in [0.717, 1.165) is 29.7 Å². The number of aromatic nitrogens is 4. The van der Waals surface area contributed by atoms with E-state index in [0.29, 0.717) is 30.0 Å². The second-order valence-electron chi connectivity index (χ2n) is 8.44. The van der Waals surface area contributed by atoms with Crippen molar-refractivity contribution >= 4 is 34.5 Å². The summed E-state index contributed by atoms with van der Waals surface area (Å²) in [5.74, 6) is 0.396. The number of nitrogens with zero attached hydrogens (tertiary/aromatic N) is 5. The monoisotopic (exact) mass is 476 g/mol. The number of anilines is 1. The van der Waals surface area contributed by atoms with Crippen molar-refractivity contribution in [2.45, 2.75) is 24.8 Å².